The SMILES string of the molecule is CC1(C)CC(C(=O)O)CN1CC1CCCO1. The van der Waals surface area contributed by atoms with E-state index in [-0.39, 0.29) is 11.5 Å². The minimum Gasteiger partial charge on any atom is -0.481 e. The van der Waals surface area contributed by atoms with E-state index in [1.165, 1.54) is 0 Å². The molecule has 2 atom stereocenters. The van der Waals surface area contributed by atoms with Crippen LogP contribution >= 0.6 is 0 Å². The Hall–Kier alpha value is -0.610. The minimum absolute atomic E-state index is 0.00495. The molecular formula is C12H21NO3. The molecule has 0 bridgehead atoms. The standard InChI is InChI=1S/C12H21NO3/c1-12(2)6-9(11(14)15)7-13(12)8-10-4-3-5-16-10/h9-10H,3-8H2,1-2H3,(H,14,15). The Labute approximate surface area is 96.6 Å². The maximum atomic E-state index is 11.0. The molecule has 0 aromatic heterocycles. The predicted molar refractivity (Wildman–Crippen MR) is 60.4 cm³/mol. The van der Waals surface area contributed by atoms with Gasteiger partial charge in [0.1, 0.15) is 0 Å². The van der Waals surface area contributed by atoms with E-state index in [1.54, 1.807) is 0 Å². The molecule has 2 aliphatic rings. The average molecular weight is 227 g/mol. The van der Waals surface area contributed by atoms with Crippen LogP contribution in [0.3, 0.4) is 0 Å². The molecule has 0 aromatic rings. The Bertz CT molecular complexity index is 271. The van der Waals surface area contributed by atoms with Crippen LogP contribution in [-0.4, -0.2) is 47.3 Å². The number of ether oxygens (including phenoxy) is 1. The lowest BCUT2D eigenvalue weighted by atomic mass is 9.96. The van der Waals surface area contributed by atoms with Gasteiger partial charge in [-0.1, -0.05) is 0 Å². The molecule has 2 rings (SSSR count). The molecule has 0 amide bonds. The first-order chi connectivity index (χ1) is 7.49. The number of hydrogen-bond donors (Lipinski definition) is 1. The molecule has 0 radical (unpaired) electrons. The maximum Gasteiger partial charge on any atom is 0.307 e. The van der Waals surface area contributed by atoms with Crippen molar-refractivity contribution in [3.8, 4) is 0 Å². The summed E-state index contributed by atoms with van der Waals surface area (Å²) >= 11 is 0. The van der Waals surface area contributed by atoms with Crippen molar-refractivity contribution in [3.63, 3.8) is 0 Å². The first kappa shape index (κ1) is 11.9. The smallest absolute Gasteiger partial charge is 0.307 e. The Morgan fingerprint density at radius 3 is 2.81 bits per heavy atom. The molecule has 16 heavy (non-hydrogen) atoms. The lowest BCUT2D eigenvalue weighted by Gasteiger charge is -2.33. The molecule has 1 N–H and O–H groups in total. The largest absolute Gasteiger partial charge is 0.481 e. The van der Waals surface area contributed by atoms with Gasteiger partial charge in [0.05, 0.1) is 12.0 Å². The number of rotatable bonds is 3. The van der Waals surface area contributed by atoms with Crippen molar-refractivity contribution >= 4 is 5.97 Å². The molecule has 2 unspecified atom stereocenters. The number of hydrogen-bond acceptors (Lipinski definition) is 3. The Kier molecular flexibility index (Phi) is 3.22. The topological polar surface area (TPSA) is 49.8 Å². The lowest BCUT2D eigenvalue weighted by molar-refractivity contribution is -0.141. The monoisotopic (exact) mass is 227 g/mol. The fourth-order valence-corrected chi connectivity index (χ4v) is 2.83. The second kappa shape index (κ2) is 4.34. The van der Waals surface area contributed by atoms with Gasteiger partial charge in [0.2, 0.25) is 0 Å². The van der Waals surface area contributed by atoms with Crippen LogP contribution in [0.25, 0.3) is 0 Å². The van der Waals surface area contributed by atoms with E-state index in [0.29, 0.717) is 12.6 Å². The molecule has 4 heteroatoms. The van der Waals surface area contributed by atoms with Gasteiger partial charge in [-0.05, 0) is 33.1 Å². The lowest BCUT2D eigenvalue weighted by Crippen LogP contribution is -2.42. The van der Waals surface area contributed by atoms with Crippen LogP contribution in [0, 0.1) is 5.92 Å². The summed E-state index contributed by atoms with van der Waals surface area (Å²) in [5.41, 5.74) is -0.00495. The molecule has 92 valence electrons. The molecule has 2 saturated heterocycles. The van der Waals surface area contributed by atoms with Gasteiger partial charge in [-0.3, -0.25) is 9.69 Å². The first-order valence-corrected chi connectivity index (χ1v) is 6.08. The molecule has 4 nitrogen and oxygen atoms in total. The molecule has 0 aromatic carbocycles. The van der Waals surface area contributed by atoms with E-state index in [9.17, 15) is 4.79 Å². The number of aliphatic carboxylic acids is 1. The van der Waals surface area contributed by atoms with E-state index >= 15 is 0 Å². The van der Waals surface area contributed by atoms with Crippen LogP contribution in [0.1, 0.15) is 33.1 Å². The van der Waals surface area contributed by atoms with Crippen molar-refractivity contribution in [2.75, 3.05) is 19.7 Å². The van der Waals surface area contributed by atoms with E-state index < -0.39 is 5.97 Å². The summed E-state index contributed by atoms with van der Waals surface area (Å²) in [6, 6.07) is 0. The van der Waals surface area contributed by atoms with E-state index in [0.717, 1.165) is 32.4 Å². The summed E-state index contributed by atoms with van der Waals surface area (Å²) in [6.07, 6.45) is 3.31. The van der Waals surface area contributed by atoms with Crippen molar-refractivity contribution in [3.05, 3.63) is 0 Å². The third-order valence-electron chi connectivity index (χ3n) is 3.84. The van der Waals surface area contributed by atoms with Gasteiger partial charge in [0.25, 0.3) is 0 Å². The summed E-state index contributed by atoms with van der Waals surface area (Å²) in [4.78, 5) is 13.3. The number of nitrogens with zero attached hydrogens (tertiary/aromatic N) is 1. The van der Waals surface area contributed by atoms with Gasteiger partial charge in [-0.2, -0.15) is 0 Å². The molecule has 0 saturated carbocycles. The molecular weight excluding hydrogens is 206 g/mol. The van der Waals surface area contributed by atoms with Gasteiger partial charge in [0, 0.05) is 25.2 Å². The van der Waals surface area contributed by atoms with E-state index in [2.05, 4.69) is 18.7 Å². The summed E-state index contributed by atoms with van der Waals surface area (Å²) in [7, 11) is 0. The average Bonchev–Trinajstić information content (AvgIpc) is 2.76. The van der Waals surface area contributed by atoms with Gasteiger partial charge >= 0.3 is 5.97 Å². The quantitative estimate of drug-likeness (QED) is 0.790. The van der Waals surface area contributed by atoms with E-state index in [4.69, 9.17) is 9.84 Å². The zero-order valence-electron chi connectivity index (χ0n) is 10.1. The summed E-state index contributed by atoms with van der Waals surface area (Å²) in [6.45, 7) is 6.68. The van der Waals surface area contributed by atoms with Crippen LogP contribution in [-0.2, 0) is 9.53 Å². The second-order valence-corrected chi connectivity index (χ2v) is 5.59. The van der Waals surface area contributed by atoms with Gasteiger partial charge in [-0.25, -0.2) is 0 Å². The van der Waals surface area contributed by atoms with Crippen molar-refractivity contribution in [1.29, 1.82) is 0 Å². The van der Waals surface area contributed by atoms with Crippen molar-refractivity contribution in [2.24, 2.45) is 5.92 Å². The van der Waals surface area contributed by atoms with Crippen molar-refractivity contribution < 1.29 is 14.6 Å². The molecule has 2 aliphatic heterocycles. The van der Waals surface area contributed by atoms with Crippen LogP contribution < -0.4 is 0 Å². The summed E-state index contributed by atoms with van der Waals surface area (Å²) < 4.78 is 5.61. The Balaban J connectivity index is 1.95. The summed E-state index contributed by atoms with van der Waals surface area (Å²) in [5, 5.41) is 9.07. The highest BCUT2D eigenvalue weighted by atomic mass is 16.5. The zero-order chi connectivity index (χ0) is 11.8. The second-order valence-electron chi connectivity index (χ2n) is 5.59. The summed E-state index contributed by atoms with van der Waals surface area (Å²) in [5.74, 6) is -0.876. The fourth-order valence-electron chi connectivity index (χ4n) is 2.83. The molecule has 0 spiro atoms. The highest BCUT2D eigenvalue weighted by Gasteiger charge is 2.42. The zero-order valence-corrected chi connectivity index (χ0v) is 10.1. The normalized spacial score (nSPS) is 34.4. The highest BCUT2D eigenvalue weighted by Crippen LogP contribution is 2.33. The predicted octanol–water partition coefficient (Wildman–Crippen LogP) is 1.35. The third kappa shape index (κ3) is 2.38. The fraction of sp³-hybridized carbons (Fsp3) is 0.917. The number of carbonyl (C=O) groups is 1. The number of likely N-dealkylation sites (tertiary alicyclic amines) is 1. The first-order valence-electron chi connectivity index (χ1n) is 6.08. The van der Waals surface area contributed by atoms with Gasteiger partial charge in [-0.15, -0.1) is 0 Å². The van der Waals surface area contributed by atoms with E-state index in [1.807, 2.05) is 0 Å². The van der Waals surface area contributed by atoms with Crippen LogP contribution in [0.5, 0.6) is 0 Å². The minimum atomic E-state index is -0.664. The van der Waals surface area contributed by atoms with Gasteiger partial charge in [0.15, 0.2) is 0 Å². The Morgan fingerprint density at radius 2 is 2.31 bits per heavy atom. The van der Waals surface area contributed by atoms with Crippen molar-refractivity contribution in [2.45, 2.75) is 44.8 Å². The number of carboxylic acid groups (broad SMARTS) is 1. The Morgan fingerprint density at radius 1 is 1.56 bits per heavy atom. The molecule has 0 aliphatic carbocycles. The highest BCUT2D eigenvalue weighted by molar-refractivity contribution is 5.70. The molecule has 2 heterocycles. The maximum absolute atomic E-state index is 11.0. The van der Waals surface area contributed by atoms with Gasteiger partial charge < -0.3 is 9.84 Å². The van der Waals surface area contributed by atoms with Crippen LogP contribution in [0.4, 0.5) is 0 Å². The van der Waals surface area contributed by atoms with Crippen molar-refractivity contribution in [1.82, 2.24) is 4.90 Å². The third-order valence-corrected chi connectivity index (χ3v) is 3.84. The number of carboxylic acids is 1. The van der Waals surface area contributed by atoms with Crippen LogP contribution in [0.2, 0.25) is 0 Å². The van der Waals surface area contributed by atoms with Crippen LogP contribution in [0.15, 0.2) is 0 Å². The molecule has 2 fully saturated rings.